The molecule has 2 heterocycles. The van der Waals surface area contributed by atoms with Gasteiger partial charge in [0.25, 0.3) is 0 Å². The van der Waals surface area contributed by atoms with Gasteiger partial charge in [-0.2, -0.15) is 0 Å². The highest BCUT2D eigenvalue weighted by molar-refractivity contribution is 7.25. The molecule has 8 aromatic rings. The van der Waals surface area contributed by atoms with E-state index in [4.69, 9.17) is 25.8 Å². The van der Waals surface area contributed by atoms with Crippen LogP contribution in [0, 0.1) is 5.41 Å². The van der Waals surface area contributed by atoms with E-state index in [-0.39, 0.29) is 5.90 Å². The fourth-order valence-electron chi connectivity index (χ4n) is 5.89. The molecule has 46 heavy (non-hydrogen) atoms. The van der Waals surface area contributed by atoms with Gasteiger partial charge in [-0.15, -0.1) is 11.3 Å². The number of hydrogen-bond acceptors (Lipinski definition) is 6. The predicted molar refractivity (Wildman–Crippen MR) is 190 cm³/mol. The largest absolute Gasteiger partial charge is 0.454 e. The Labute approximate surface area is 270 Å². The molecule has 0 aliphatic carbocycles. The number of thiophene rings is 1. The van der Waals surface area contributed by atoms with Crippen LogP contribution in [0.2, 0.25) is 0 Å². The number of aromatic nitrogens is 2. The van der Waals surface area contributed by atoms with Gasteiger partial charge >= 0.3 is 0 Å². The number of nitrogens with two attached hydrogens (primary N) is 1. The summed E-state index contributed by atoms with van der Waals surface area (Å²) in [6.45, 7) is 0. The SMILES string of the molecule is N=C(OC(N)c1ccc2sc3ccccc3c2c1)c1cccc2cc(-c3cc(-c4ccccc4)nc(-c4ccccc4)n3)ccc12. The van der Waals surface area contributed by atoms with Crippen LogP contribution in [0.3, 0.4) is 0 Å². The van der Waals surface area contributed by atoms with Crippen molar-refractivity contribution in [2.24, 2.45) is 5.73 Å². The molecule has 8 rings (SSSR count). The summed E-state index contributed by atoms with van der Waals surface area (Å²) in [6.07, 6.45) is -0.779. The lowest BCUT2D eigenvalue weighted by atomic mass is 9.99. The van der Waals surface area contributed by atoms with Crippen molar-refractivity contribution in [3.8, 4) is 33.9 Å². The third-order valence-corrected chi connectivity index (χ3v) is 9.37. The van der Waals surface area contributed by atoms with Gasteiger partial charge in [-0.25, -0.2) is 9.97 Å². The van der Waals surface area contributed by atoms with E-state index in [2.05, 4.69) is 48.5 Å². The Morgan fingerprint density at radius 2 is 1.28 bits per heavy atom. The van der Waals surface area contributed by atoms with Gasteiger partial charge in [-0.1, -0.05) is 109 Å². The maximum absolute atomic E-state index is 8.90. The molecule has 0 saturated carbocycles. The maximum Gasteiger partial charge on any atom is 0.215 e. The molecule has 0 saturated heterocycles. The van der Waals surface area contributed by atoms with E-state index < -0.39 is 6.23 Å². The van der Waals surface area contributed by atoms with Crippen LogP contribution >= 0.6 is 11.3 Å². The predicted octanol–water partition coefficient (Wildman–Crippen LogP) is 10.00. The molecule has 0 bridgehead atoms. The molecular formula is C40H28N4OS. The molecule has 0 amide bonds. The van der Waals surface area contributed by atoms with Crippen molar-refractivity contribution in [1.29, 1.82) is 5.41 Å². The van der Waals surface area contributed by atoms with Gasteiger partial charge in [0.05, 0.1) is 11.4 Å². The van der Waals surface area contributed by atoms with Gasteiger partial charge in [0.15, 0.2) is 12.1 Å². The van der Waals surface area contributed by atoms with Crippen molar-refractivity contribution >= 4 is 48.2 Å². The third-order valence-electron chi connectivity index (χ3n) is 8.22. The van der Waals surface area contributed by atoms with Crippen molar-refractivity contribution in [2.45, 2.75) is 6.23 Å². The van der Waals surface area contributed by atoms with E-state index in [1.165, 1.54) is 14.8 Å². The number of ether oxygens (including phenoxy) is 1. The lowest BCUT2D eigenvalue weighted by Gasteiger charge is -2.17. The van der Waals surface area contributed by atoms with Crippen LogP contribution in [0.1, 0.15) is 17.4 Å². The van der Waals surface area contributed by atoms with Crippen LogP contribution in [-0.2, 0) is 4.74 Å². The summed E-state index contributed by atoms with van der Waals surface area (Å²) in [6, 6.07) is 48.8. The number of nitrogens with one attached hydrogen (secondary N) is 1. The minimum absolute atomic E-state index is 0.0286. The van der Waals surface area contributed by atoms with E-state index in [0.29, 0.717) is 11.4 Å². The molecule has 1 atom stereocenters. The van der Waals surface area contributed by atoms with Crippen molar-refractivity contribution < 1.29 is 4.74 Å². The molecule has 5 nitrogen and oxygen atoms in total. The van der Waals surface area contributed by atoms with Crippen molar-refractivity contribution in [3.63, 3.8) is 0 Å². The Bertz CT molecular complexity index is 2330. The van der Waals surface area contributed by atoms with Crippen LogP contribution in [0.25, 0.3) is 64.8 Å². The number of hydrogen-bond donors (Lipinski definition) is 2. The van der Waals surface area contributed by atoms with Crippen LogP contribution in [0.5, 0.6) is 0 Å². The Balaban J connectivity index is 1.12. The standard InChI is InChI=1S/C40H28N4OS/c41-38(29-19-21-37-33(23-29)31-15-7-8-17-36(31)46-37)45-39(42)32-16-9-14-27-22-28(18-20-30(27)32)35-24-34(25-10-3-1-4-11-25)43-40(44-35)26-12-5-2-6-13-26/h1-24,38,42H,41H2. The first kappa shape index (κ1) is 27.8. The van der Waals surface area contributed by atoms with Gasteiger partial charge in [0.2, 0.25) is 5.90 Å². The number of nitrogens with zero attached hydrogens (tertiary/aromatic N) is 2. The molecule has 0 spiro atoms. The molecule has 6 heteroatoms. The minimum Gasteiger partial charge on any atom is -0.454 e. The fourth-order valence-corrected chi connectivity index (χ4v) is 6.97. The molecule has 6 aromatic carbocycles. The second kappa shape index (κ2) is 11.7. The smallest absolute Gasteiger partial charge is 0.215 e. The normalized spacial score (nSPS) is 12.0. The summed E-state index contributed by atoms with van der Waals surface area (Å²) >= 11 is 1.76. The molecule has 0 aliphatic rings. The third kappa shape index (κ3) is 5.20. The maximum atomic E-state index is 8.90. The fraction of sp³-hybridized carbons (Fsp3) is 0.0250. The molecule has 0 radical (unpaired) electrons. The highest BCUT2D eigenvalue weighted by Gasteiger charge is 2.17. The Morgan fingerprint density at radius 3 is 2.09 bits per heavy atom. The molecular weight excluding hydrogens is 585 g/mol. The summed E-state index contributed by atoms with van der Waals surface area (Å²) in [5, 5.41) is 13.1. The first-order chi connectivity index (χ1) is 22.6. The molecule has 220 valence electrons. The Morgan fingerprint density at radius 1 is 0.587 bits per heavy atom. The van der Waals surface area contributed by atoms with Gasteiger partial charge in [-0.05, 0) is 47.2 Å². The molecule has 0 fully saturated rings. The lowest BCUT2D eigenvalue weighted by Crippen LogP contribution is -2.19. The number of benzene rings is 6. The zero-order valence-corrected chi connectivity index (χ0v) is 25.5. The van der Waals surface area contributed by atoms with E-state index in [1.807, 2.05) is 97.1 Å². The van der Waals surface area contributed by atoms with Gasteiger partial charge in [0.1, 0.15) is 0 Å². The summed E-state index contributed by atoms with van der Waals surface area (Å²) in [5.41, 5.74) is 12.7. The zero-order chi connectivity index (χ0) is 31.0. The lowest BCUT2D eigenvalue weighted by molar-refractivity contribution is 0.199. The van der Waals surface area contributed by atoms with E-state index in [9.17, 15) is 0 Å². The van der Waals surface area contributed by atoms with Crippen LogP contribution < -0.4 is 5.73 Å². The van der Waals surface area contributed by atoms with Crippen LogP contribution in [-0.4, -0.2) is 15.9 Å². The summed E-state index contributed by atoms with van der Waals surface area (Å²) in [7, 11) is 0. The number of fused-ring (bicyclic) bond motifs is 4. The topological polar surface area (TPSA) is 84.9 Å². The van der Waals surface area contributed by atoms with E-state index in [1.54, 1.807) is 11.3 Å². The summed E-state index contributed by atoms with van der Waals surface area (Å²) < 4.78 is 8.50. The number of rotatable bonds is 6. The highest BCUT2D eigenvalue weighted by Crippen LogP contribution is 2.35. The second-order valence-electron chi connectivity index (χ2n) is 11.2. The Hall–Kier alpha value is -5.69. The average Bonchev–Trinajstić information content (AvgIpc) is 3.49. The van der Waals surface area contributed by atoms with E-state index in [0.717, 1.165) is 49.8 Å². The van der Waals surface area contributed by atoms with Gasteiger partial charge in [-0.3, -0.25) is 11.1 Å². The van der Waals surface area contributed by atoms with Gasteiger partial charge < -0.3 is 4.74 Å². The van der Waals surface area contributed by atoms with E-state index >= 15 is 0 Å². The van der Waals surface area contributed by atoms with Gasteiger partial charge in [0, 0.05) is 48.0 Å². The highest BCUT2D eigenvalue weighted by atomic mass is 32.1. The molecule has 0 aliphatic heterocycles. The molecule has 2 aromatic heterocycles. The summed E-state index contributed by atoms with van der Waals surface area (Å²) in [4.78, 5) is 9.89. The first-order valence-electron chi connectivity index (χ1n) is 15.1. The molecule has 3 N–H and O–H groups in total. The van der Waals surface area contributed by atoms with Crippen molar-refractivity contribution in [3.05, 3.63) is 157 Å². The first-order valence-corrected chi connectivity index (χ1v) is 15.9. The average molecular weight is 613 g/mol. The summed E-state index contributed by atoms with van der Waals surface area (Å²) in [5.74, 6) is 0.699. The molecule has 1 unspecified atom stereocenters. The zero-order valence-electron chi connectivity index (χ0n) is 24.7. The Kier molecular flexibility index (Phi) is 7.06. The van der Waals surface area contributed by atoms with Crippen LogP contribution in [0.15, 0.2) is 146 Å². The minimum atomic E-state index is -0.779. The van der Waals surface area contributed by atoms with Crippen molar-refractivity contribution in [2.75, 3.05) is 0 Å². The van der Waals surface area contributed by atoms with Crippen molar-refractivity contribution in [1.82, 2.24) is 9.97 Å². The second-order valence-corrected chi connectivity index (χ2v) is 12.2. The van der Waals surface area contributed by atoms with Crippen LogP contribution in [0.4, 0.5) is 0 Å². The quantitative estimate of drug-likeness (QED) is 0.111. The monoisotopic (exact) mass is 612 g/mol.